The average Bonchev–Trinajstić information content (AvgIpc) is 2.79. The van der Waals surface area contributed by atoms with Crippen LogP contribution in [0.15, 0.2) is 30.5 Å². The third-order valence-corrected chi connectivity index (χ3v) is 3.06. The van der Waals surface area contributed by atoms with Gasteiger partial charge in [0.05, 0.1) is 25.0 Å². The number of aryl methyl sites for hydroxylation is 1. The van der Waals surface area contributed by atoms with E-state index in [-0.39, 0.29) is 5.56 Å². The number of hydrogen-bond donors (Lipinski definition) is 2. The highest BCUT2D eigenvalue weighted by molar-refractivity contribution is 5.88. The Kier molecular flexibility index (Phi) is 4.37. The number of carboxylic acids is 1. The van der Waals surface area contributed by atoms with Crippen molar-refractivity contribution in [3.8, 4) is 0 Å². The highest BCUT2D eigenvalue weighted by Crippen LogP contribution is 2.18. The van der Waals surface area contributed by atoms with E-state index < -0.39 is 5.97 Å². The van der Waals surface area contributed by atoms with Crippen LogP contribution in [-0.2, 0) is 24.9 Å². The zero-order chi connectivity index (χ0) is 14.5. The molecule has 0 fully saturated rings. The highest BCUT2D eigenvalue weighted by atomic mass is 16.5. The number of methoxy groups -OCH3 is 1. The summed E-state index contributed by atoms with van der Waals surface area (Å²) >= 11 is 0. The van der Waals surface area contributed by atoms with Crippen LogP contribution in [0.3, 0.4) is 0 Å². The lowest BCUT2D eigenvalue weighted by atomic mass is 10.1. The number of carbonyl (C=O) groups is 1. The number of hydrogen-bond acceptors (Lipinski definition) is 4. The minimum atomic E-state index is -0.972. The Morgan fingerprint density at radius 3 is 2.90 bits per heavy atom. The van der Waals surface area contributed by atoms with E-state index in [1.807, 2.05) is 24.3 Å². The molecule has 20 heavy (non-hydrogen) atoms. The van der Waals surface area contributed by atoms with Gasteiger partial charge < -0.3 is 15.2 Å². The Bertz CT molecular complexity index is 607. The minimum Gasteiger partial charge on any atom is -0.478 e. The quantitative estimate of drug-likeness (QED) is 0.841. The number of aromatic nitrogens is 2. The minimum absolute atomic E-state index is 0.212. The molecule has 0 atom stereocenters. The van der Waals surface area contributed by atoms with Crippen molar-refractivity contribution in [1.29, 1.82) is 0 Å². The van der Waals surface area contributed by atoms with Crippen molar-refractivity contribution in [2.75, 3.05) is 12.4 Å². The van der Waals surface area contributed by atoms with Crippen molar-refractivity contribution in [3.05, 3.63) is 47.3 Å². The molecule has 6 heteroatoms. The first-order valence-electron chi connectivity index (χ1n) is 6.18. The standard InChI is InChI=1S/C14H17N3O3/c1-17-13(11(7-16-17)14(18)19)8-15-12-6-4-3-5-10(12)9-20-2/h3-7,15H,8-9H2,1-2H3,(H,18,19). The van der Waals surface area contributed by atoms with Crippen molar-refractivity contribution in [1.82, 2.24) is 9.78 Å². The first-order valence-corrected chi connectivity index (χ1v) is 6.18. The predicted molar refractivity (Wildman–Crippen MR) is 74.6 cm³/mol. The van der Waals surface area contributed by atoms with Crippen molar-refractivity contribution < 1.29 is 14.6 Å². The fraction of sp³-hybridized carbons (Fsp3) is 0.286. The monoisotopic (exact) mass is 275 g/mol. The summed E-state index contributed by atoms with van der Waals surface area (Å²) in [5, 5.41) is 16.3. The van der Waals surface area contributed by atoms with E-state index in [1.54, 1.807) is 18.8 Å². The van der Waals surface area contributed by atoms with Gasteiger partial charge in [-0.1, -0.05) is 18.2 Å². The van der Waals surface area contributed by atoms with Crippen LogP contribution in [0.2, 0.25) is 0 Å². The lowest BCUT2D eigenvalue weighted by molar-refractivity contribution is 0.0695. The number of carboxylic acid groups (broad SMARTS) is 1. The lowest BCUT2D eigenvalue weighted by Gasteiger charge is -2.12. The van der Waals surface area contributed by atoms with Crippen LogP contribution in [0, 0.1) is 0 Å². The van der Waals surface area contributed by atoms with Crippen LogP contribution in [0.4, 0.5) is 5.69 Å². The van der Waals surface area contributed by atoms with Crippen LogP contribution in [0.25, 0.3) is 0 Å². The first-order chi connectivity index (χ1) is 9.63. The SMILES string of the molecule is COCc1ccccc1NCc1c(C(=O)O)cnn1C. The molecule has 0 aliphatic rings. The fourth-order valence-corrected chi connectivity index (χ4v) is 2.00. The molecule has 0 bridgehead atoms. The normalized spacial score (nSPS) is 10.5. The second-order valence-electron chi connectivity index (χ2n) is 4.38. The Morgan fingerprint density at radius 1 is 1.45 bits per heavy atom. The molecule has 1 aromatic carbocycles. The van der Waals surface area contributed by atoms with Crippen LogP contribution in [-0.4, -0.2) is 28.0 Å². The summed E-state index contributed by atoms with van der Waals surface area (Å²) < 4.78 is 6.70. The third-order valence-electron chi connectivity index (χ3n) is 3.06. The van der Waals surface area contributed by atoms with Gasteiger partial charge in [-0.15, -0.1) is 0 Å². The van der Waals surface area contributed by atoms with Crippen LogP contribution in [0.1, 0.15) is 21.6 Å². The second kappa shape index (κ2) is 6.21. The van der Waals surface area contributed by atoms with Gasteiger partial charge in [-0.05, 0) is 6.07 Å². The molecule has 2 aromatic rings. The van der Waals surface area contributed by atoms with Crippen molar-refractivity contribution in [2.24, 2.45) is 7.05 Å². The van der Waals surface area contributed by atoms with Gasteiger partial charge in [0.2, 0.25) is 0 Å². The molecular weight excluding hydrogens is 258 g/mol. The molecule has 1 aromatic heterocycles. The summed E-state index contributed by atoms with van der Waals surface area (Å²) in [7, 11) is 3.37. The van der Waals surface area contributed by atoms with Gasteiger partial charge in [-0.25, -0.2) is 4.79 Å². The van der Waals surface area contributed by atoms with Gasteiger partial charge in [0, 0.05) is 25.4 Å². The maximum Gasteiger partial charge on any atom is 0.339 e. The summed E-state index contributed by atoms with van der Waals surface area (Å²) in [6.07, 6.45) is 1.36. The Hall–Kier alpha value is -2.34. The molecule has 106 valence electrons. The molecule has 1 heterocycles. The molecule has 0 aliphatic heterocycles. The number of ether oxygens (including phenoxy) is 1. The Labute approximate surface area is 117 Å². The van der Waals surface area contributed by atoms with Gasteiger partial charge in [0.15, 0.2) is 0 Å². The second-order valence-corrected chi connectivity index (χ2v) is 4.38. The Morgan fingerprint density at radius 2 is 2.20 bits per heavy atom. The first kappa shape index (κ1) is 14.1. The van der Waals surface area contributed by atoms with E-state index in [9.17, 15) is 4.79 Å². The summed E-state index contributed by atoms with van der Waals surface area (Å²) in [5.74, 6) is -0.972. The molecule has 0 aliphatic carbocycles. The molecular formula is C14H17N3O3. The molecule has 0 saturated heterocycles. The summed E-state index contributed by atoms with van der Waals surface area (Å²) in [4.78, 5) is 11.1. The zero-order valence-electron chi connectivity index (χ0n) is 11.5. The average molecular weight is 275 g/mol. The summed E-state index contributed by atoms with van der Waals surface area (Å²) in [6.45, 7) is 0.888. The highest BCUT2D eigenvalue weighted by Gasteiger charge is 2.14. The van der Waals surface area contributed by atoms with Gasteiger partial charge in [0.1, 0.15) is 5.56 Å². The van der Waals surface area contributed by atoms with Crippen molar-refractivity contribution >= 4 is 11.7 Å². The van der Waals surface area contributed by atoms with Gasteiger partial charge >= 0.3 is 5.97 Å². The number of anilines is 1. The molecule has 2 rings (SSSR count). The molecule has 0 amide bonds. The lowest BCUT2D eigenvalue weighted by Crippen LogP contribution is -2.11. The zero-order valence-corrected chi connectivity index (χ0v) is 11.5. The molecule has 6 nitrogen and oxygen atoms in total. The molecule has 0 saturated carbocycles. The van der Waals surface area contributed by atoms with Crippen LogP contribution < -0.4 is 5.32 Å². The van der Waals surface area contributed by atoms with E-state index in [2.05, 4.69) is 10.4 Å². The maximum atomic E-state index is 11.1. The number of rotatable bonds is 6. The van der Waals surface area contributed by atoms with E-state index in [0.29, 0.717) is 18.8 Å². The number of aromatic carboxylic acids is 1. The van der Waals surface area contributed by atoms with E-state index >= 15 is 0 Å². The smallest absolute Gasteiger partial charge is 0.339 e. The van der Waals surface area contributed by atoms with Crippen LogP contribution in [0.5, 0.6) is 0 Å². The fourth-order valence-electron chi connectivity index (χ4n) is 2.00. The number of nitrogens with one attached hydrogen (secondary N) is 1. The third kappa shape index (κ3) is 2.97. The van der Waals surface area contributed by atoms with E-state index in [4.69, 9.17) is 9.84 Å². The molecule has 2 N–H and O–H groups in total. The number of para-hydroxylation sites is 1. The molecule has 0 spiro atoms. The largest absolute Gasteiger partial charge is 0.478 e. The van der Waals surface area contributed by atoms with Gasteiger partial charge in [0.25, 0.3) is 0 Å². The summed E-state index contributed by atoms with van der Waals surface area (Å²) in [6, 6.07) is 7.76. The van der Waals surface area contributed by atoms with Crippen LogP contribution >= 0.6 is 0 Å². The molecule has 0 unspecified atom stereocenters. The summed E-state index contributed by atoms with van der Waals surface area (Å²) in [5.41, 5.74) is 2.79. The van der Waals surface area contributed by atoms with Crippen molar-refractivity contribution in [3.63, 3.8) is 0 Å². The maximum absolute atomic E-state index is 11.1. The van der Waals surface area contributed by atoms with E-state index in [0.717, 1.165) is 11.3 Å². The van der Waals surface area contributed by atoms with Gasteiger partial charge in [-0.2, -0.15) is 5.10 Å². The number of nitrogens with zero attached hydrogens (tertiary/aromatic N) is 2. The topological polar surface area (TPSA) is 76.4 Å². The predicted octanol–water partition coefficient (Wildman–Crippen LogP) is 1.88. The number of benzene rings is 1. The molecule has 0 radical (unpaired) electrons. The van der Waals surface area contributed by atoms with E-state index in [1.165, 1.54) is 6.20 Å². The van der Waals surface area contributed by atoms with Gasteiger partial charge in [-0.3, -0.25) is 4.68 Å². The van der Waals surface area contributed by atoms with Crippen molar-refractivity contribution in [2.45, 2.75) is 13.2 Å². The Balaban J connectivity index is 2.17.